The second kappa shape index (κ2) is 8.79. The van der Waals surface area contributed by atoms with Crippen LogP contribution in [0.4, 0.5) is 0 Å². The van der Waals surface area contributed by atoms with Gasteiger partial charge in [-0.2, -0.15) is 0 Å². The van der Waals surface area contributed by atoms with Crippen LogP contribution in [0.3, 0.4) is 0 Å². The van der Waals surface area contributed by atoms with Crippen molar-refractivity contribution >= 4 is 6.08 Å². The molecule has 0 saturated heterocycles. The van der Waals surface area contributed by atoms with Crippen LogP contribution in [0.15, 0.2) is 30.3 Å². The Kier molecular flexibility index (Phi) is 7.24. The molecule has 1 atom stereocenters. The molecule has 0 spiro atoms. The van der Waals surface area contributed by atoms with Crippen molar-refractivity contribution in [3.8, 4) is 5.75 Å². The lowest BCUT2D eigenvalue weighted by atomic mass is 10.0. The average Bonchev–Trinajstić information content (AvgIpc) is 2.41. The molecule has 0 bridgehead atoms. The van der Waals surface area contributed by atoms with Crippen molar-refractivity contribution in [3.05, 3.63) is 35.9 Å². The van der Waals surface area contributed by atoms with Gasteiger partial charge in [0.15, 0.2) is 0 Å². The number of hydrogen-bond acceptors (Lipinski definition) is 1. The molecular formula is C17H26O. The average molecular weight is 246 g/mol. The summed E-state index contributed by atoms with van der Waals surface area (Å²) in [5.74, 6) is 1.68. The SMILES string of the molecule is C/C=C/c1ccc(OCC(CC)CCCC)cc1. The largest absolute Gasteiger partial charge is 0.493 e. The van der Waals surface area contributed by atoms with Gasteiger partial charge in [-0.15, -0.1) is 0 Å². The number of allylic oxidation sites excluding steroid dienone is 1. The van der Waals surface area contributed by atoms with E-state index in [1.165, 1.54) is 31.2 Å². The van der Waals surface area contributed by atoms with Gasteiger partial charge in [0, 0.05) is 0 Å². The molecule has 1 rings (SSSR count). The third kappa shape index (κ3) is 5.39. The molecule has 0 heterocycles. The standard InChI is InChI=1S/C17H26O/c1-4-7-9-15(6-3)14-18-17-12-10-16(8-5-2)11-13-17/h5,8,10-13,15H,4,6-7,9,14H2,1-3H3/b8-5+. The van der Waals surface area contributed by atoms with Crippen molar-refractivity contribution in [2.24, 2.45) is 5.92 Å². The highest BCUT2D eigenvalue weighted by atomic mass is 16.5. The minimum atomic E-state index is 0.695. The Bertz CT molecular complexity index is 337. The van der Waals surface area contributed by atoms with Crippen LogP contribution >= 0.6 is 0 Å². The second-order valence-electron chi connectivity index (χ2n) is 4.80. The van der Waals surface area contributed by atoms with E-state index in [1.54, 1.807) is 0 Å². The third-order valence-corrected chi connectivity index (χ3v) is 3.27. The van der Waals surface area contributed by atoms with Crippen LogP contribution in [0.5, 0.6) is 5.75 Å². The van der Waals surface area contributed by atoms with Crippen molar-refractivity contribution < 1.29 is 4.74 Å². The van der Waals surface area contributed by atoms with E-state index in [4.69, 9.17) is 4.74 Å². The summed E-state index contributed by atoms with van der Waals surface area (Å²) in [5.41, 5.74) is 1.22. The summed E-state index contributed by atoms with van der Waals surface area (Å²) < 4.78 is 5.87. The molecule has 100 valence electrons. The van der Waals surface area contributed by atoms with E-state index in [1.807, 2.05) is 13.0 Å². The van der Waals surface area contributed by atoms with Crippen LogP contribution in [0.2, 0.25) is 0 Å². The van der Waals surface area contributed by atoms with E-state index in [9.17, 15) is 0 Å². The van der Waals surface area contributed by atoms with Gasteiger partial charge in [-0.1, -0.05) is 57.4 Å². The molecule has 0 aromatic heterocycles. The van der Waals surface area contributed by atoms with Crippen molar-refractivity contribution in [1.82, 2.24) is 0 Å². The molecule has 1 aromatic carbocycles. The Morgan fingerprint density at radius 1 is 1.17 bits per heavy atom. The van der Waals surface area contributed by atoms with E-state index in [0.29, 0.717) is 5.92 Å². The predicted octanol–water partition coefficient (Wildman–Crippen LogP) is 5.31. The third-order valence-electron chi connectivity index (χ3n) is 3.27. The zero-order valence-electron chi connectivity index (χ0n) is 12.0. The molecule has 1 heteroatoms. The van der Waals surface area contributed by atoms with E-state index >= 15 is 0 Å². The Hall–Kier alpha value is -1.24. The molecule has 0 amide bonds. The number of benzene rings is 1. The molecule has 0 aliphatic rings. The summed E-state index contributed by atoms with van der Waals surface area (Å²) in [6.07, 6.45) is 9.21. The van der Waals surface area contributed by atoms with Gasteiger partial charge in [-0.05, 0) is 37.0 Å². The molecule has 0 aliphatic carbocycles. The first-order valence-electron chi connectivity index (χ1n) is 7.15. The van der Waals surface area contributed by atoms with Crippen LogP contribution in [0.1, 0.15) is 52.0 Å². The van der Waals surface area contributed by atoms with Crippen LogP contribution in [-0.4, -0.2) is 6.61 Å². The van der Waals surface area contributed by atoms with Crippen molar-refractivity contribution in [1.29, 1.82) is 0 Å². The summed E-state index contributed by atoms with van der Waals surface area (Å²) in [6.45, 7) is 7.37. The Morgan fingerprint density at radius 2 is 1.89 bits per heavy atom. The Morgan fingerprint density at radius 3 is 2.44 bits per heavy atom. The summed E-state index contributed by atoms with van der Waals surface area (Å²) in [6, 6.07) is 8.31. The van der Waals surface area contributed by atoms with Crippen LogP contribution < -0.4 is 4.74 Å². The molecular weight excluding hydrogens is 220 g/mol. The lowest BCUT2D eigenvalue weighted by molar-refractivity contribution is 0.233. The van der Waals surface area contributed by atoms with Crippen molar-refractivity contribution in [3.63, 3.8) is 0 Å². The first-order valence-corrected chi connectivity index (χ1v) is 7.15. The molecule has 0 fully saturated rings. The number of unbranched alkanes of at least 4 members (excludes halogenated alkanes) is 1. The quantitative estimate of drug-likeness (QED) is 0.603. The molecule has 0 radical (unpaired) electrons. The monoisotopic (exact) mass is 246 g/mol. The molecule has 1 nitrogen and oxygen atoms in total. The van der Waals surface area contributed by atoms with Gasteiger partial charge < -0.3 is 4.74 Å². The summed E-state index contributed by atoms with van der Waals surface area (Å²) >= 11 is 0. The lowest BCUT2D eigenvalue weighted by Crippen LogP contribution is -2.11. The molecule has 1 aromatic rings. The zero-order valence-corrected chi connectivity index (χ0v) is 12.0. The maximum absolute atomic E-state index is 5.87. The Balaban J connectivity index is 2.41. The van der Waals surface area contributed by atoms with Gasteiger partial charge in [-0.25, -0.2) is 0 Å². The second-order valence-corrected chi connectivity index (χ2v) is 4.80. The molecule has 18 heavy (non-hydrogen) atoms. The fraction of sp³-hybridized carbons (Fsp3) is 0.529. The number of hydrogen-bond donors (Lipinski definition) is 0. The summed E-state index contributed by atoms with van der Waals surface area (Å²) in [4.78, 5) is 0. The van der Waals surface area contributed by atoms with Gasteiger partial charge in [0.05, 0.1) is 6.61 Å². The normalized spacial score (nSPS) is 12.8. The maximum atomic E-state index is 5.87. The zero-order chi connectivity index (χ0) is 13.2. The van der Waals surface area contributed by atoms with Crippen molar-refractivity contribution in [2.75, 3.05) is 6.61 Å². The van der Waals surface area contributed by atoms with E-state index in [0.717, 1.165) is 12.4 Å². The van der Waals surface area contributed by atoms with Gasteiger partial charge >= 0.3 is 0 Å². The minimum absolute atomic E-state index is 0.695. The topological polar surface area (TPSA) is 9.23 Å². The summed E-state index contributed by atoms with van der Waals surface area (Å²) in [7, 11) is 0. The van der Waals surface area contributed by atoms with Gasteiger partial charge in [0.1, 0.15) is 5.75 Å². The number of ether oxygens (including phenoxy) is 1. The number of rotatable bonds is 8. The minimum Gasteiger partial charge on any atom is -0.493 e. The van der Waals surface area contributed by atoms with E-state index in [-0.39, 0.29) is 0 Å². The lowest BCUT2D eigenvalue weighted by Gasteiger charge is -2.15. The predicted molar refractivity (Wildman–Crippen MR) is 80.0 cm³/mol. The van der Waals surface area contributed by atoms with Crippen LogP contribution in [-0.2, 0) is 0 Å². The van der Waals surface area contributed by atoms with E-state index < -0.39 is 0 Å². The highest BCUT2D eigenvalue weighted by Crippen LogP contribution is 2.17. The molecule has 0 N–H and O–H groups in total. The highest BCUT2D eigenvalue weighted by molar-refractivity contribution is 5.50. The molecule has 0 saturated carbocycles. The molecule has 0 aliphatic heterocycles. The molecule has 1 unspecified atom stereocenters. The van der Waals surface area contributed by atoms with E-state index in [2.05, 4.69) is 44.2 Å². The first-order chi connectivity index (χ1) is 8.80. The van der Waals surface area contributed by atoms with Crippen LogP contribution in [0, 0.1) is 5.92 Å². The van der Waals surface area contributed by atoms with Crippen molar-refractivity contribution in [2.45, 2.75) is 46.5 Å². The summed E-state index contributed by atoms with van der Waals surface area (Å²) in [5, 5.41) is 0. The fourth-order valence-corrected chi connectivity index (χ4v) is 1.98. The highest BCUT2D eigenvalue weighted by Gasteiger charge is 2.06. The Labute approximate surface area is 112 Å². The van der Waals surface area contributed by atoms with Crippen LogP contribution in [0.25, 0.3) is 6.08 Å². The first kappa shape index (κ1) is 14.8. The smallest absolute Gasteiger partial charge is 0.119 e. The van der Waals surface area contributed by atoms with Gasteiger partial charge in [-0.3, -0.25) is 0 Å². The van der Waals surface area contributed by atoms with Gasteiger partial charge in [0.25, 0.3) is 0 Å². The fourth-order valence-electron chi connectivity index (χ4n) is 1.98. The van der Waals surface area contributed by atoms with Gasteiger partial charge in [0.2, 0.25) is 0 Å². The maximum Gasteiger partial charge on any atom is 0.119 e.